The largest absolute Gasteiger partial charge is 0.463 e. The quantitative estimate of drug-likeness (QED) is 0.552. The number of amides is 1. The Bertz CT molecular complexity index is 1330. The van der Waals surface area contributed by atoms with Crippen LogP contribution in [0.3, 0.4) is 0 Å². The number of esters is 1. The Hall–Kier alpha value is -2.95. The number of ether oxygens (including phenoxy) is 1. The van der Waals surface area contributed by atoms with Gasteiger partial charge in [0.2, 0.25) is 5.91 Å². The standard InChI is InChI=1S/C20H17N3O4S3/c1-2-27-20(26)14-13(11-6-4-8-29-11)15(17(22)24)19-23(16(14)21)18(25)12(30-19)9-10-5-3-7-28-10/h3-9,13H,2,21H2,1H3,(H2,22,24)/b12-9-/t13-/m1/s1. The van der Waals surface area contributed by atoms with Gasteiger partial charge in [0.1, 0.15) is 10.5 Å². The average molecular weight is 460 g/mol. The second-order valence-electron chi connectivity index (χ2n) is 6.32. The summed E-state index contributed by atoms with van der Waals surface area (Å²) in [4.78, 5) is 40.1. The van der Waals surface area contributed by atoms with Gasteiger partial charge in [0.15, 0.2) is 0 Å². The molecule has 154 valence electrons. The summed E-state index contributed by atoms with van der Waals surface area (Å²) in [5.41, 5.74) is 11.9. The van der Waals surface area contributed by atoms with E-state index in [4.69, 9.17) is 16.2 Å². The molecule has 1 atom stereocenters. The van der Waals surface area contributed by atoms with Gasteiger partial charge in [0.25, 0.3) is 5.56 Å². The zero-order chi connectivity index (χ0) is 21.4. The number of primary amides is 1. The third-order valence-corrected chi connectivity index (χ3v) is 7.42. The Kier molecular flexibility index (Phi) is 5.46. The average Bonchev–Trinajstić information content (AvgIpc) is 3.44. The molecule has 0 spiro atoms. The van der Waals surface area contributed by atoms with Gasteiger partial charge in [-0.25, -0.2) is 4.79 Å². The number of carbonyl (C=O) groups is 2. The van der Waals surface area contributed by atoms with Gasteiger partial charge in [-0.05, 0) is 35.9 Å². The van der Waals surface area contributed by atoms with Crippen LogP contribution < -0.4 is 26.2 Å². The zero-order valence-electron chi connectivity index (χ0n) is 15.8. The maximum atomic E-state index is 13.2. The summed E-state index contributed by atoms with van der Waals surface area (Å²) in [6.45, 7) is 1.80. The topological polar surface area (TPSA) is 117 Å². The minimum atomic E-state index is -0.797. The summed E-state index contributed by atoms with van der Waals surface area (Å²) in [7, 11) is 0. The van der Waals surface area contributed by atoms with E-state index in [9.17, 15) is 14.4 Å². The van der Waals surface area contributed by atoms with Crippen LogP contribution in [0.5, 0.6) is 0 Å². The Balaban J connectivity index is 2.11. The van der Waals surface area contributed by atoms with E-state index in [0.29, 0.717) is 14.1 Å². The monoisotopic (exact) mass is 459 g/mol. The normalized spacial score (nSPS) is 16.6. The van der Waals surface area contributed by atoms with Crippen LogP contribution >= 0.6 is 34.0 Å². The van der Waals surface area contributed by atoms with Crippen molar-refractivity contribution >= 4 is 63.4 Å². The van der Waals surface area contributed by atoms with Crippen molar-refractivity contribution in [2.75, 3.05) is 6.61 Å². The van der Waals surface area contributed by atoms with Crippen molar-refractivity contribution in [2.45, 2.75) is 12.8 Å². The molecule has 4 heterocycles. The predicted octanol–water partition coefficient (Wildman–Crippen LogP) is 0.985. The molecule has 0 aliphatic carbocycles. The van der Waals surface area contributed by atoms with Crippen molar-refractivity contribution in [1.82, 2.24) is 4.57 Å². The van der Waals surface area contributed by atoms with E-state index in [1.54, 1.807) is 19.1 Å². The van der Waals surface area contributed by atoms with Crippen molar-refractivity contribution in [2.24, 2.45) is 11.5 Å². The van der Waals surface area contributed by atoms with Crippen LogP contribution in [-0.4, -0.2) is 23.1 Å². The Labute approximate surface area is 182 Å². The smallest absolute Gasteiger partial charge is 0.338 e. The molecule has 0 saturated heterocycles. The van der Waals surface area contributed by atoms with Gasteiger partial charge in [0, 0.05) is 9.75 Å². The number of hydrogen-bond donors (Lipinski definition) is 2. The summed E-state index contributed by atoms with van der Waals surface area (Å²) in [6.07, 6.45) is 1.74. The first kappa shape index (κ1) is 20.3. The Morgan fingerprint density at radius 3 is 2.53 bits per heavy atom. The van der Waals surface area contributed by atoms with Crippen LogP contribution in [0.4, 0.5) is 0 Å². The van der Waals surface area contributed by atoms with E-state index in [1.165, 1.54) is 27.2 Å². The van der Waals surface area contributed by atoms with Crippen molar-refractivity contribution in [3.8, 4) is 0 Å². The molecular formula is C20H17N3O4S3. The number of thiazole rings is 1. The summed E-state index contributed by atoms with van der Waals surface area (Å²) < 4.78 is 7.12. The number of aromatic nitrogens is 1. The highest BCUT2D eigenvalue weighted by Crippen LogP contribution is 2.38. The van der Waals surface area contributed by atoms with Crippen molar-refractivity contribution in [3.63, 3.8) is 0 Å². The molecule has 0 unspecified atom stereocenters. The summed E-state index contributed by atoms with van der Waals surface area (Å²) in [5.74, 6) is -2.24. The van der Waals surface area contributed by atoms with Crippen molar-refractivity contribution in [3.05, 3.63) is 69.9 Å². The van der Waals surface area contributed by atoms with E-state index < -0.39 is 23.4 Å². The third-order valence-electron chi connectivity index (χ3n) is 4.55. The summed E-state index contributed by atoms with van der Waals surface area (Å²) in [6, 6.07) is 7.36. The minimum absolute atomic E-state index is 0.0427. The van der Waals surface area contributed by atoms with Gasteiger partial charge in [-0.2, -0.15) is 0 Å². The minimum Gasteiger partial charge on any atom is -0.463 e. The fourth-order valence-electron chi connectivity index (χ4n) is 3.34. The first-order chi connectivity index (χ1) is 14.4. The molecule has 0 bridgehead atoms. The van der Waals surface area contributed by atoms with Gasteiger partial charge >= 0.3 is 5.97 Å². The molecule has 3 aromatic rings. The first-order valence-electron chi connectivity index (χ1n) is 8.95. The van der Waals surface area contributed by atoms with E-state index in [2.05, 4.69) is 0 Å². The second-order valence-corrected chi connectivity index (χ2v) is 9.31. The number of thiophene rings is 2. The van der Waals surface area contributed by atoms with Gasteiger partial charge in [0.05, 0.1) is 28.2 Å². The SMILES string of the molecule is CCOC(=O)C1=C(N)n2c(s/c(=C\c3cccs3)c2=O)=C(C(N)=O)[C@@H]1c1cccs1. The predicted molar refractivity (Wildman–Crippen MR) is 119 cm³/mol. The number of rotatable bonds is 5. The summed E-state index contributed by atoms with van der Waals surface area (Å²) in [5, 5.41) is 3.73. The molecule has 1 amide bonds. The lowest BCUT2D eigenvalue weighted by molar-refractivity contribution is -0.138. The summed E-state index contributed by atoms with van der Waals surface area (Å²) >= 11 is 3.98. The van der Waals surface area contributed by atoms with E-state index in [1.807, 2.05) is 29.0 Å². The number of fused-ring (bicyclic) bond motifs is 1. The highest BCUT2D eigenvalue weighted by atomic mass is 32.1. The Morgan fingerprint density at radius 1 is 1.20 bits per heavy atom. The van der Waals surface area contributed by atoms with Crippen LogP contribution in [-0.2, 0) is 14.3 Å². The molecule has 30 heavy (non-hydrogen) atoms. The number of nitrogens with zero attached hydrogens (tertiary/aromatic N) is 1. The number of carbonyl (C=O) groups excluding carboxylic acids is 2. The maximum Gasteiger partial charge on any atom is 0.338 e. The fraction of sp³-hybridized carbons (Fsp3) is 0.150. The van der Waals surface area contributed by atoms with Crippen LogP contribution in [0.15, 0.2) is 45.4 Å². The zero-order valence-corrected chi connectivity index (χ0v) is 18.2. The fourth-order valence-corrected chi connectivity index (χ4v) is 6.09. The molecular weight excluding hydrogens is 442 g/mol. The lowest BCUT2D eigenvalue weighted by atomic mass is 9.87. The van der Waals surface area contributed by atoms with Gasteiger partial charge in [-0.1, -0.05) is 12.1 Å². The molecule has 1 aliphatic rings. The van der Waals surface area contributed by atoms with Crippen LogP contribution in [0.25, 0.3) is 17.5 Å². The maximum absolute atomic E-state index is 13.2. The molecule has 3 aromatic heterocycles. The lowest BCUT2D eigenvalue weighted by Crippen LogP contribution is -2.42. The van der Waals surface area contributed by atoms with Gasteiger partial charge in [-0.3, -0.25) is 14.2 Å². The number of hydrogen-bond acceptors (Lipinski definition) is 8. The third kappa shape index (κ3) is 3.32. The first-order valence-corrected chi connectivity index (χ1v) is 11.5. The lowest BCUT2D eigenvalue weighted by Gasteiger charge is -2.25. The highest BCUT2D eigenvalue weighted by Gasteiger charge is 2.39. The van der Waals surface area contributed by atoms with E-state index in [-0.39, 0.29) is 23.6 Å². The highest BCUT2D eigenvalue weighted by molar-refractivity contribution is 7.11. The molecule has 0 aromatic carbocycles. The molecule has 10 heteroatoms. The van der Waals surface area contributed by atoms with Crippen LogP contribution in [0.2, 0.25) is 0 Å². The second kappa shape index (κ2) is 8.05. The van der Waals surface area contributed by atoms with E-state index >= 15 is 0 Å². The Morgan fingerprint density at radius 2 is 1.93 bits per heavy atom. The molecule has 4 rings (SSSR count). The molecule has 4 N–H and O–H groups in total. The van der Waals surface area contributed by atoms with Crippen molar-refractivity contribution in [1.29, 1.82) is 0 Å². The van der Waals surface area contributed by atoms with Crippen molar-refractivity contribution < 1.29 is 14.3 Å². The van der Waals surface area contributed by atoms with Gasteiger partial charge in [-0.15, -0.1) is 34.0 Å². The molecule has 7 nitrogen and oxygen atoms in total. The van der Waals surface area contributed by atoms with E-state index in [0.717, 1.165) is 16.2 Å². The van der Waals surface area contributed by atoms with Gasteiger partial charge < -0.3 is 16.2 Å². The molecule has 0 fully saturated rings. The van der Waals surface area contributed by atoms with Crippen LogP contribution in [0, 0.1) is 0 Å². The number of nitrogens with two attached hydrogens (primary N) is 2. The van der Waals surface area contributed by atoms with Crippen LogP contribution in [0.1, 0.15) is 22.6 Å². The molecule has 0 radical (unpaired) electrons. The molecule has 1 aliphatic heterocycles. The molecule has 0 saturated carbocycles.